The Hall–Kier alpha value is -4.89. The van der Waals surface area contributed by atoms with Gasteiger partial charge in [-0.15, -0.1) is 0 Å². The zero-order valence-electron chi connectivity index (χ0n) is 25.7. The average molecular weight is 656 g/mol. The number of benzene rings is 2. The molecule has 1 aromatic heterocycles. The van der Waals surface area contributed by atoms with Gasteiger partial charge in [0.25, 0.3) is 5.56 Å². The predicted molar refractivity (Wildman–Crippen MR) is 162 cm³/mol. The third-order valence-corrected chi connectivity index (χ3v) is 7.19. The fraction of sp³-hybridized carbons (Fsp3) is 0.387. The molecule has 244 valence electrons. The maximum absolute atomic E-state index is 13.9. The number of carbonyl (C=O) groups excluding carboxylic acids is 4. The Labute approximate surface area is 268 Å². The first kappa shape index (κ1) is 34.0. The van der Waals surface area contributed by atoms with Gasteiger partial charge in [0.2, 0.25) is 4.77 Å². The molecule has 3 aromatic rings. The van der Waals surface area contributed by atoms with E-state index in [2.05, 4.69) is 5.10 Å². The molecule has 1 aliphatic rings. The van der Waals surface area contributed by atoms with Crippen LogP contribution in [0.25, 0.3) is 5.69 Å². The molecule has 0 spiro atoms. The van der Waals surface area contributed by atoms with Gasteiger partial charge in [0.05, 0.1) is 12.8 Å². The van der Waals surface area contributed by atoms with Crippen LogP contribution >= 0.6 is 12.2 Å². The lowest BCUT2D eigenvalue weighted by Crippen LogP contribution is -2.61. The summed E-state index contributed by atoms with van der Waals surface area (Å²) in [5, 5.41) is 4.58. The van der Waals surface area contributed by atoms with Crippen molar-refractivity contribution in [2.24, 2.45) is 0 Å². The highest BCUT2D eigenvalue weighted by Gasteiger charge is 2.53. The number of ether oxygens (including phenoxy) is 6. The van der Waals surface area contributed by atoms with Crippen LogP contribution in [0.3, 0.4) is 0 Å². The quantitative estimate of drug-likeness (QED) is 0.178. The van der Waals surface area contributed by atoms with Crippen molar-refractivity contribution in [1.82, 2.24) is 14.3 Å². The largest absolute Gasteiger partial charge is 0.497 e. The summed E-state index contributed by atoms with van der Waals surface area (Å²) in [6, 6.07) is 15.6. The number of methoxy groups -OCH3 is 1. The Morgan fingerprint density at radius 3 is 1.98 bits per heavy atom. The van der Waals surface area contributed by atoms with Crippen LogP contribution in [-0.2, 0) is 49.3 Å². The van der Waals surface area contributed by atoms with Gasteiger partial charge >= 0.3 is 23.9 Å². The summed E-state index contributed by atoms with van der Waals surface area (Å²) < 4.78 is 35.6. The summed E-state index contributed by atoms with van der Waals surface area (Å²) in [5.74, 6) is -2.41. The van der Waals surface area contributed by atoms with Crippen molar-refractivity contribution in [1.29, 1.82) is 0 Å². The Bertz CT molecular complexity index is 1710. The second-order valence-corrected chi connectivity index (χ2v) is 10.6. The SMILES string of the molecule is COc1ccc(Cc2nn([C@@H]3O[C@H](COC(C)=O)[C@@H](OC(C)=O)[C@H](OC(C)=O)[C@H]3OC(C)=O)c(=S)n(-c3ccccc3)c2=O)cc1. The maximum Gasteiger partial charge on any atom is 0.303 e. The number of aromatic nitrogens is 3. The molecule has 0 saturated carbocycles. The number of hydrogen-bond donors (Lipinski definition) is 0. The molecule has 0 unspecified atom stereocenters. The van der Waals surface area contributed by atoms with Crippen molar-refractivity contribution < 1.29 is 47.6 Å². The predicted octanol–water partition coefficient (Wildman–Crippen LogP) is 2.62. The second-order valence-electron chi connectivity index (χ2n) is 10.3. The van der Waals surface area contributed by atoms with Crippen molar-refractivity contribution in [2.75, 3.05) is 13.7 Å². The Kier molecular flexibility index (Phi) is 11.0. The maximum atomic E-state index is 13.9. The van der Waals surface area contributed by atoms with Crippen LogP contribution in [0.5, 0.6) is 5.75 Å². The van der Waals surface area contributed by atoms with Crippen LogP contribution in [0.4, 0.5) is 0 Å². The van der Waals surface area contributed by atoms with E-state index < -0.39 is 66.7 Å². The van der Waals surface area contributed by atoms with Gasteiger partial charge < -0.3 is 28.4 Å². The Morgan fingerprint density at radius 2 is 1.41 bits per heavy atom. The van der Waals surface area contributed by atoms with Crippen LogP contribution in [0.15, 0.2) is 59.4 Å². The topological polar surface area (TPSA) is 163 Å². The van der Waals surface area contributed by atoms with E-state index in [0.29, 0.717) is 11.4 Å². The summed E-state index contributed by atoms with van der Waals surface area (Å²) in [6.07, 6.45) is -6.99. The fourth-order valence-electron chi connectivity index (χ4n) is 4.95. The minimum atomic E-state index is -1.49. The molecule has 0 N–H and O–H groups in total. The zero-order valence-corrected chi connectivity index (χ0v) is 26.6. The molecule has 0 radical (unpaired) electrons. The van der Waals surface area contributed by atoms with Crippen molar-refractivity contribution in [3.05, 3.63) is 81.0 Å². The number of para-hydroxylation sites is 1. The highest BCUT2D eigenvalue weighted by atomic mass is 32.1. The number of esters is 4. The van der Waals surface area contributed by atoms with Gasteiger partial charge in [-0.05, 0) is 42.0 Å². The number of carbonyl (C=O) groups is 4. The molecule has 5 atom stereocenters. The van der Waals surface area contributed by atoms with Crippen molar-refractivity contribution in [3.8, 4) is 11.4 Å². The summed E-state index contributed by atoms with van der Waals surface area (Å²) >= 11 is 5.78. The lowest BCUT2D eigenvalue weighted by molar-refractivity contribution is -0.271. The fourth-order valence-corrected chi connectivity index (χ4v) is 5.29. The third kappa shape index (κ3) is 8.03. The normalized spacial score (nSPS) is 20.7. The van der Waals surface area contributed by atoms with Gasteiger partial charge in [0.15, 0.2) is 24.5 Å². The molecule has 4 rings (SSSR count). The minimum absolute atomic E-state index is 0.0375. The molecule has 0 bridgehead atoms. The number of nitrogens with zero attached hydrogens (tertiary/aromatic N) is 3. The van der Waals surface area contributed by atoms with E-state index in [1.165, 1.54) is 18.6 Å². The van der Waals surface area contributed by atoms with Crippen LogP contribution in [0.1, 0.15) is 45.2 Å². The van der Waals surface area contributed by atoms with E-state index in [-0.39, 0.29) is 16.9 Å². The van der Waals surface area contributed by atoms with Gasteiger partial charge in [0, 0.05) is 34.1 Å². The monoisotopic (exact) mass is 655 g/mol. The molecular formula is C31H33N3O11S. The average Bonchev–Trinajstić information content (AvgIpc) is 3.00. The molecule has 1 fully saturated rings. The van der Waals surface area contributed by atoms with Crippen LogP contribution in [0, 0.1) is 4.77 Å². The summed E-state index contributed by atoms with van der Waals surface area (Å²) in [4.78, 5) is 62.6. The van der Waals surface area contributed by atoms with E-state index in [0.717, 1.165) is 31.0 Å². The minimum Gasteiger partial charge on any atom is -0.497 e. The molecule has 1 aliphatic heterocycles. The summed E-state index contributed by atoms with van der Waals surface area (Å²) in [7, 11) is 1.54. The molecular weight excluding hydrogens is 622 g/mol. The van der Waals surface area contributed by atoms with Gasteiger partial charge in [-0.3, -0.25) is 28.5 Å². The zero-order chi connectivity index (χ0) is 33.5. The first-order chi connectivity index (χ1) is 21.9. The highest BCUT2D eigenvalue weighted by molar-refractivity contribution is 7.71. The van der Waals surface area contributed by atoms with E-state index in [1.807, 2.05) is 0 Å². The van der Waals surface area contributed by atoms with E-state index in [1.54, 1.807) is 54.6 Å². The standard InChI is InChI=1S/C31H33N3O11S/c1-17(35)41-16-25-26(42-18(2)36)27(43-19(3)37)28(44-20(4)38)30(45-25)34-31(46)33(22-9-7-6-8-10-22)29(39)24(32-34)15-21-11-13-23(40-5)14-12-21/h6-14,25-28,30H,15-16H2,1-5H3/t25-,26-,27+,28-,30-/m1/s1. The van der Waals surface area contributed by atoms with Gasteiger partial charge in [-0.2, -0.15) is 5.10 Å². The Morgan fingerprint density at radius 1 is 0.826 bits per heavy atom. The lowest BCUT2D eigenvalue weighted by Gasteiger charge is -2.44. The molecule has 14 nitrogen and oxygen atoms in total. The number of rotatable bonds is 10. The summed E-state index contributed by atoms with van der Waals surface area (Å²) in [6.45, 7) is 4.09. The van der Waals surface area contributed by atoms with Crippen molar-refractivity contribution >= 4 is 36.1 Å². The highest BCUT2D eigenvalue weighted by Crippen LogP contribution is 2.35. The third-order valence-electron chi connectivity index (χ3n) is 6.82. The molecule has 15 heteroatoms. The Balaban J connectivity index is 1.96. The van der Waals surface area contributed by atoms with Crippen LogP contribution in [-0.4, -0.2) is 76.4 Å². The van der Waals surface area contributed by atoms with Crippen molar-refractivity contribution in [3.63, 3.8) is 0 Å². The second kappa shape index (κ2) is 14.9. The van der Waals surface area contributed by atoms with E-state index in [9.17, 15) is 24.0 Å². The smallest absolute Gasteiger partial charge is 0.303 e. The van der Waals surface area contributed by atoms with E-state index >= 15 is 0 Å². The summed E-state index contributed by atoms with van der Waals surface area (Å²) in [5.41, 5.74) is 0.648. The number of hydrogen-bond acceptors (Lipinski definition) is 13. The van der Waals surface area contributed by atoms with Gasteiger partial charge in [0.1, 0.15) is 24.2 Å². The first-order valence-corrected chi connectivity index (χ1v) is 14.5. The molecule has 0 aliphatic carbocycles. The van der Waals surface area contributed by atoms with Gasteiger partial charge in [-0.25, -0.2) is 4.68 Å². The lowest BCUT2D eigenvalue weighted by atomic mass is 9.97. The molecule has 0 amide bonds. The molecule has 2 aromatic carbocycles. The molecule has 46 heavy (non-hydrogen) atoms. The van der Waals surface area contributed by atoms with Crippen molar-refractivity contribution in [2.45, 2.75) is 64.8 Å². The van der Waals surface area contributed by atoms with Gasteiger partial charge in [-0.1, -0.05) is 30.3 Å². The van der Waals surface area contributed by atoms with Crippen LogP contribution in [0.2, 0.25) is 0 Å². The first-order valence-electron chi connectivity index (χ1n) is 14.1. The molecule has 2 heterocycles. The van der Waals surface area contributed by atoms with E-state index in [4.69, 9.17) is 40.6 Å². The van der Waals surface area contributed by atoms with Crippen LogP contribution < -0.4 is 10.3 Å². The molecule has 1 saturated heterocycles.